The molecule has 35 heavy (non-hydrogen) atoms. The molecule has 5 rings (SSSR count). The molecule has 0 aliphatic carbocycles. The maximum absolute atomic E-state index is 13.6. The molecule has 0 atom stereocenters. The van der Waals surface area contributed by atoms with Gasteiger partial charge in [-0.2, -0.15) is 0 Å². The molecule has 8 nitrogen and oxygen atoms in total. The average Bonchev–Trinajstić information content (AvgIpc) is 3.14. The number of nitrogens with two attached hydrogens (primary N) is 1. The summed E-state index contributed by atoms with van der Waals surface area (Å²) < 4.78 is 29.6. The van der Waals surface area contributed by atoms with E-state index < -0.39 is 9.84 Å². The smallest absolute Gasteiger partial charge is 0.251 e. The minimum Gasteiger partial charge on any atom is -0.384 e. The van der Waals surface area contributed by atoms with Crippen LogP contribution in [0.15, 0.2) is 93.1 Å². The molecule has 3 aromatic carbocycles. The summed E-state index contributed by atoms with van der Waals surface area (Å²) >= 11 is 3.35. The first-order valence-corrected chi connectivity index (χ1v) is 13.0. The summed E-state index contributed by atoms with van der Waals surface area (Å²) in [5.74, 6) is -0.224. The molecule has 0 aliphatic heterocycles. The van der Waals surface area contributed by atoms with Gasteiger partial charge in [0, 0.05) is 23.1 Å². The third kappa shape index (κ3) is 4.26. The van der Waals surface area contributed by atoms with Gasteiger partial charge >= 0.3 is 0 Å². The Morgan fingerprint density at radius 2 is 1.54 bits per heavy atom. The number of hydrogen-bond acceptors (Lipinski definition) is 6. The van der Waals surface area contributed by atoms with E-state index in [4.69, 9.17) is 5.73 Å². The quantitative estimate of drug-likeness (QED) is 0.327. The number of carbonyl (C=O) groups excluding carboxylic acids is 1. The molecule has 10 heteroatoms. The zero-order valence-electron chi connectivity index (χ0n) is 18.3. The first-order valence-electron chi connectivity index (χ1n) is 10.7. The zero-order valence-corrected chi connectivity index (χ0v) is 20.8. The summed E-state index contributed by atoms with van der Waals surface area (Å²) in [6, 6.07) is 22.3. The van der Waals surface area contributed by atoms with Crippen LogP contribution in [-0.2, 0) is 16.4 Å². The molecule has 0 unspecified atom stereocenters. The minimum atomic E-state index is -3.97. The number of sulfone groups is 1. The molecule has 5 aromatic rings. The van der Waals surface area contributed by atoms with E-state index in [0.29, 0.717) is 22.2 Å². The van der Waals surface area contributed by atoms with E-state index in [0.717, 1.165) is 4.47 Å². The van der Waals surface area contributed by atoms with E-state index in [-0.39, 0.29) is 40.1 Å². The predicted molar refractivity (Wildman–Crippen MR) is 138 cm³/mol. The van der Waals surface area contributed by atoms with Crippen molar-refractivity contribution in [1.82, 2.24) is 19.9 Å². The number of nitrogens with zero attached hydrogens (tertiary/aromatic N) is 3. The highest BCUT2D eigenvalue weighted by molar-refractivity contribution is 9.10. The lowest BCUT2D eigenvalue weighted by Crippen LogP contribution is -2.27. The molecule has 0 bridgehead atoms. The van der Waals surface area contributed by atoms with Crippen molar-refractivity contribution in [3.05, 3.63) is 88.9 Å². The number of fused-ring (bicyclic) bond motifs is 2. The second kappa shape index (κ2) is 9.12. The topological polar surface area (TPSA) is 120 Å². The van der Waals surface area contributed by atoms with Gasteiger partial charge in [-0.05, 0) is 48.5 Å². The molecule has 1 amide bonds. The third-order valence-corrected chi connectivity index (χ3v) is 7.96. The fourth-order valence-electron chi connectivity index (χ4n) is 3.88. The highest BCUT2D eigenvalue weighted by atomic mass is 79.9. The van der Waals surface area contributed by atoms with Crippen LogP contribution >= 0.6 is 15.9 Å². The number of anilines is 1. The van der Waals surface area contributed by atoms with E-state index in [2.05, 4.69) is 31.2 Å². The number of halogens is 1. The van der Waals surface area contributed by atoms with E-state index >= 15 is 0 Å². The first-order chi connectivity index (χ1) is 16.9. The van der Waals surface area contributed by atoms with Crippen molar-refractivity contribution in [1.29, 1.82) is 0 Å². The number of amides is 1. The second-order valence-corrected chi connectivity index (χ2v) is 10.6. The van der Waals surface area contributed by atoms with Crippen molar-refractivity contribution in [3.63, 3.8) is 0 Å². The Morgan fingerprint density at radius 1 is 0.914 bits per heavy atom. The summed E-state index contributed by atoms with van der Waals surface area (Å²) in [6.07, 6.45) is 0. The molecule has 2 heterocycles. The maximum Gasteiger partial charge on any atom is 0.251 e. The van der Waals surface area contributed by atoms with Crippen molar-refractivity contribution >= 4 is 59.7 Å². The summed E-state index contributed by atoms with van der Waals surface area (Å²) in [5, 5.41) is 2.85. The first kappa shape index (κ1) is 23.0. The van der Waals surface area contributed by atoms with Crippen LogP contribution in [0.2, 0.25) is 0 Å². The van der Waals surface area contributed by atoms with Gasteiger partial charge in [-0.1, -0.05) is 46.3 Å². The lowest BCUT2D eigenvalue weighted by molar-refractivity contribution is 0.0952. The Labute approximate surface area is 209 Å². The summed E-state index contributed by atoms with van der Waals surface area (Å²) in [7, 11) is -3.97. The van der Waals surface area contributed by atoms with Gasteiger partial charge in [0.15, 0.2) is 5.65 Å². The Bertz CT molecular complexity index is 1670. The average molecular weight is 550 g/mol. The number of carbonyl (C=O) groups is 1. The van der Waals surface area contributed by atoms with Gasteiger partial charge < -0.3 is 15.6 Å². The van der Waals surface area contributed by atoms with Gasteiger partial charge in [0.05, 0.1) is 15.9 Å². The molecular formula is C25H20BrN5O3S. The van der Waals surface area contributed by atoms with Gasteiger partial charge in [-0.15, -0.1) is 0 Å². The lowest BCUT2D eigenvalue weighted by Gasteiger charge is -2.10. The van der Waals surface area contributed by atoms with Crippen LogP contribution < -0.4 is 11.1 Å². The fourth-order valence-corrected chi connectivity index (χ4v) is 5.68. The second-order valence-electron chi connectivity index (χ2n) is 7.83. The largest absolute Gasteiger partial charge is 0.384 e. The van der Waals surface area contributed by atoms with E-state index in [1.54, 1.807) is 59.2 Å². The maximum atomic E-state index is 13.6. The third-order valence-electron chi connectivity index (χ3n) is 5.60. The van der Waals surface area contributed by atoms with Crippen LogP contribution in [-0.4, -0.2) is 35.4 Å². The highest BCUT2D eigenvalue weighted by Crippen LogP contribution is 2.35. The van der Waals surface area contributed by atoms with Crippen LogP contribution in [0, 0.1) is 0 Å². The summed E-state index contributed by atoms with van der Waals surface area (Å²) in [5.41, 5.74) is 8.66. The van der Waals surface area contributed by atoms with Crippen LogP contribution in [0.4, 0.5) is 5.82 Å². The molecule has 0 spiro atoms. The number of benzene rings is 3. The van der Waals surface area contributed by atoms with Crippen molar-refractivity contribution in [3.8, 4) is 0 Å². The normalized spacial score (nSPS) is 11.7. The van der Waals surface area contributed by atoms with Gasteiger partial charge in [-0.25, -0.2) is 18.4 Å². The summed E-state index contributed by atoms with van der Waals surface area (Å²) in [6.45, 7) is 0.421. The Morgan fingerprint density at radius 3 is 2.23 bits per heavy atom. The number of hydrogen-bond donors (Lipinski definition) is 2. The SMILES string of the molecule is Nc1c(S(=O)(=O)c2ccccc2)c2nc3ccccc3nc2n1CCNC(=O)c1ccc(Br)cc1. The molecule has 176 valence electrons. The summed E-state index contributed by atoms with van der Waals surface area (Å²) in [4.78, 5) is 21.8. The van der Waals surface area contributed by atoms with Crippen molar-refractivity contribution < 1.29 is 13.2 Å². The van der Waals surface area contributed by atoms with Crippen LogP contribution in [0.3, 0.4) is 0 Å². The van der Waals surface area contributed by atoms with Crippen LogP contribution in [0.25, 0.3) is 22.2 Å². The molecule has 0 saturated heterocycles. The Hall–Kier alpha value is -3.76. The molecule has 0 saturated carbocycles. The van der Waals surface area contributed by atoms with E-state index in [1.807, 2.05) is 12.1 Å². The van der Waals surface area contributed by atoms with E-state index in [1.165, 1.54) is 12.1 Å². The molecular weight excluding hydrogens is 530 g/mol. The van der Waals surface area contributed by atoms with Gasteiger partial charge in [0.25, 0.3) is 5.91 Å². The van der Waals surface area contributed by atoms with Gasteiger partial charge in [-0.3, -0.25) is 4.79 Å². The monoisotopic (exact) mass is 549 g/mol. The highest BCUT2D eigenvalue weighted by Gasteiger charge is 2.30. The fraction of sp³-hybridized carbons (Fsp3) is 0.0800. The number of aromatic nitrogens is 3. The molecule has 0 radical (unpaired) electrons. The molecule has 0 aliphatic rings. The van der Waals surface area contributed by atoms with Crippen LogP contribution in [0.1, 0.15) is 10.4 Å². The standard InChI is InChI=1S/C25H20BrN5O3S/c26-17-12-10-16(11-13-17)25(32)28-14-15-31-23(27)22(35(33,34)18-6-2-1-3-7-18)21-24(31)30-20-9-5-4-8-19(20)29-21/h1-13H,14-15,27H2,(H,28,32). The Kier molecular flexibility index (Phi) is 6.00. The number of para-hydroxylation sites is 2. The van der Waals surface area contributed by atoms with Crippen molar-refractivity contribution in [2.75, 3.05) is 12.3 Å². The Balaban J connectivity index is 1.57. The van der Waals surface area contributed by atoms with Gasteiger partial charge in [0.2, 0.25) is 9.84 Å². The number of nitrogens with one attached hydrogen (secondary N) is 1. The van der Waals surface area contributed by atoms with Gasteiger partial charge in [0.1, 0.15) is 16.2 Å². The molecule has 3 N–H and O–H groups in total. The molecule has 2 aromatic heterocycles. The zero-order chi connectivity index (χ0) is 24.6. The number of rotatable bonds is 6. The van der Waals surface area contributed by atoms with Crippen LogP contribution in [0.5, 0.6) is 0 Å². The lowest BCUT2D eigenvalue weighted by atomic mass is 10.2. The van der Waals surface area contributed by atoms with Crippen molar-refractivity contribution in [2.45, 2.75) is 16.3 Å². The van der Waals surface area contributed by atoms with E-state index in [9.17, 15) is 13.2 Å². The molecule has 0 fully saturated rings. The predicted octanol–water partition coefficient (Wildman–Crippen LogP) is 4.19. The minimum absolute atomic E-state index is 0.0250. The van der Waals surface area contributed by atoms with Crippen molar-refractivity contribution in [2.24, 2.45) is 0 Å². The number of nitrogen functional groups attached to an aromatic ring is 1.